The molecule has 1 aromatic rings. The molecule has 0 saturated heterocycles. The summed E-state index contributed by atoms with van der Waals surface area (Å²) in [6.07, 6.45) is 2.55. The molecule has 1 amide bonds. The molecule has 18 heavy (non-hydrogen) atoms. The quantitative estimate of drug-likeness (QED) is 0.333. The van der Waals surface area contributed by atoms with Crippen molar-refractivity contribution >= 4 is 11.8 Å². The van der Waals surface area contributed by atoms with Gasteiger partial charge in [0.15, 0.2) is 0 Å². The van der Waals surface area contributed by atoms with E-state index in [1.54, 1.807) is 6.07 Å². The molecule has 1 aromatic carbocycles. The van der Waals surface area contributed by atoms with E-state index in [4.69, 9.17) is 10.6 Å². The molecule has 0 saturated carbocycles. The summed E-state index contributed by atoms with van der Waals surface area (Å²) in [5.41, 5.74) is 10.1. The fourth-order valence-corrected chi connectivity index (χ4v) is 1.68. The Morgan fingerprint density at radius 1 is 1.33 bits per heavy atom. The largest absolute Gasteiger partial charge is 0.465 e. The first-order valence-corrected chi connectivity index (χ1v) is 5.84. The highest BCUT2D eigenvalue weighted by Gasteiger charge is 1.99. The van der Waals surface area contributed by atoms with Crippen LogP contribution in [0.1, 0.15) is 24.8 Å². The van der Waals surface area contributed by atoms with Gasteiger partial charge in [0, 0.05) is 17.1 Å². The van der Waals surface area contributed by atoms with Crippen molar-refractivity contribution in [1.29, 1.82) is 0 Å². The molecule has 1 rings (SSSR count). The Kier molecular flexibility index (Phi) is 6.14. The second kappa shape index (κ2) is 7.97. The van der Waals surface area contributed by atoms with Crippen molar-refractivity contribution < 1.29 is 9.90 Å². The minimum absolute atomic E-state index is 0.479. The third-order valence-corrected chi connectivity index (χ3v) is 2.54. The minimum Gasteiger partial charge on any atom is -0.465 e. The lowest BCUT2D eigenvalue weighted by atomic mass is 10.1. The predicted molar refractivity (Wildman–Crippen MR) is 68.8 cm³/mol. The van der Waals surface area contributed by atoms with Crippen molar-refractivity contribution in [1.82, 2.24) is 5.32 Å². The Morgan fingerprint density at radius 3 is 2.83 bits per heavy atom. The van der Waals surface area contributed by atoms with E-state index in [0.717, 1.165) is 31.2 Å². The molecule has 0 aromatic heterocycles. The van der Waals surface area contributed by atoms with Gasteiger partial charge in [0.05, 0.1) is 0 Å². The molecule has 0 spiro atoms. The summed E-state index contributed by atoms with van der Waals surface area (Å²) < 4.78 is 0. The van der Waals surface area contributed by atoms with Crippen LogP contribution in [0.3, 0.4) is 0 Å². The van der Waals surface area contributed by atoms with Crippen LogP contribution < -0.4 is 5.32 Å². The van der Waals surface area contributed by atoms with Gasteiger partial charge in [-0.2, -0.15) is 0 Å². The first-order valence-electron chi connectivity index (χ1n) is 5.84. The van der Waals surface area contributed by atoms with Gasteiger partial charge in [0.25, 0.3) is 0 Å². The first-order chi connectivity index (χ1) is 8.74. The number of benzene rings is 1. The van der Waals surface area contributed by atoms with Gasteiger partial charge < -0.3 is 10.4 Å². The lowest BCUT2D eigenvalue weighted by molar-refractivity contribution is 0.194. The van der Waals surface area contributed by atoms with Crippen molar-refractivity contribution in [2.75, 3.05) is 6.54 Å². The molecule has 6 heteroatoms. The number of amides is 1. The number of rotatable bonds is 7. The standard InChI is InChI=1S/C12H16N4O2/c13-16-15-11-8-4-3-7-10(11)6-2-1-5-9-14-12(17)18/h3-4,7-8,14H,1-2,5-6,9H2,(H,17,18). The highest BCUT2D eigenvalue weighted by molar-refractivity contribution is 5.64. The van der Waals surface area contributed by atoms with Crippen LogP contribution in [0.2, 0.25) is 0 Å². The van der Waals surface area contributed by atoms with Gasteiger partial charge in [-0.25, -0.2) is 4.79 Å². The maximum atomic E-state index is 10.2. The number of carboxylic acid groups (broad SMARTS) is 1. The van der Waals surface area contributed by atoms with Gasteiger partial charge >= 0.3 is 6.09 Å². The molecule has 0 bridgehead atoms. The van der Waals surface area contributed by atoms with Crippen molar-refractivity contribution in [3.8, 4) is 0 Å². The normalized spacial score (nSPS) is 9.56. The van der Waals surface area contributed by atoms with Gasteiger partial charge in [-0.05, 0) is 30.4 Å². The predicted octanol–water partition coefficient (Wildman–Crippen LogP) is 3.61. The van der Waals surface area contributed by atoms with E-state index >= 15 is 0 Å². The first kappa shape index (κ1) is 13.9. The maximum absolute atomic E-state index is 10.2. The lowest BCUT2D eigenvalue weighted by Gasteiger charge is -2.05. The SMILES string of the molecule is [N-]=[N+]=Nc1ccccc1CCCCCNC(=O)O. The molecule has 0 radical (unpaired) electrons. The van der Waals surface area contributed by atoms with Crippen LogP contribution in [0.4, 0.5) is 10.5 Å². The lowest BCUT2D eigenvalue weighted by Crippen LogP contribution is -2.21. The van der Waals surface area contributed by atoms with Gasteiger partial charge in [-0.1, -0.05) is 35.8 Å². The monoisotopic (exact) mass is 248 g/mol. The molecule has 0 fully saturated rings. The van der Waals surface area contributed by atoms with Crippen LogP contribution in [0, 0.1) is 0 Å². The highest BCUT2D eigenvalue weighted by Crippen LogP contribution is 2.20. The number of unbranched alkanes of at least 4 members (excludes halogenated alkanes) is 2. The van der Waals surface area contributed by atoms with Gasteiger partial charge in [0.1, 0.15) is 0 Å². The fraction of sp³-hybridized carbons (Fsp3) is 0.417. The second-order valence-electron chi connectivity index (χ2n) is 3.86. The van der Waals surface area contributed by atoms with E-state index in [-0.39, 0.29) is 0 Å². The molecule has 6 nitrogen and oxygen atoms in total. The number of nitrogens with zero attached hydrogens (tertiary/aromatic N) is 3. The number of aryl methyl sites for hydroxylation is 1. The zero-order valence-electron chi connectivity index (χ0n) is 10.0. The summed E-state index contributed by atoms with van der Waals surface area (Å²) in [5.74, 6) is 0. The molecule has 2 N–H and O–H groups in total. The van der Waals surface area contributed by atoms with Gasteiger partial charge in [0.2, 0.25) is 0 Å². The van der Waals surface area contributed by atoms with E-state index in [1.807, 2.05) is 18.2 Å². The molecular formula is C12H16N4O2. The Balaban J connectivity index is 2.31. The average Bonchev–Trinajstić information content (AvgIpc) is 2.35. The molecule has 0 aliphatic heterocycles. The summed E-state index contributed by atoms with van der Waals surface area (Å²) in [6, 6.07) is 7.49. The molecule has 0 atom stereocenters. The topological polar surface area (TPSA) is 98.1 Å². The number of carbonyl (C=O) groups is 1. The van der Waals surface area contributed by atoms with Crippen molar-refractivity contribution in [2.24, 2.45) is 5.11 Å². The van der Waals surface area contributed by atoms with E-state index in [1.165, 1.54) is 0 Å². The smallest absolute Gasteiger partial charge is 0.404 e. The number of hydrogen-bond donors (Lipinski definition) is 2. The van der Waals surface area contributed by atoms with Crippen molar-refractivity contribution in [3.63, 3.8) is 0 Å². The van der Waals surface area contributed by atoms with Crippen LogP contribution in [-0.4, -0.2) is 17.7 Å². The zero-order chi connectivity index (χ0) is 13.2. The molecule has 0 heterocycles. The molecule has 0 aliphatic carbocycles. The van der Waals surface area contributed by atoms with Crippen LogP contribution in [0.5, 0.6) is 0 Å². The number of azide groups is 1. The number of nitrogens with one attached hydrogen (secondary N) is 1. The summed E-state index contributed by atoms with van der Waals surface area (Å²) in [5, 5.41) is 14.3. The minimum atomic E-state index is -0.983. The van der Waals surface area contributed by atoms with Crippen molar-refractivity contribution in [3.05, 3.63) is 40.3 Å². The highest BCUT2D eigenvalue weighted by atomic mass is 16.4. The van der Waals surface area contributed by atoms with Crippen LogP contribution in [-0.2, 0) is 6.42 Å². The fourth-order valence-electron chi connectivity index (χ4n) is 1.68. The summed E-state index contributed by atoms with van der Waals surface area (Å²) >= 11 is 0. The third-order valence-electron chi connectivity index (χ3n) is 2.54. The third kappa shape index (κ3) is 5.23. The molecule has 0 unspecified atom stereocenters. The second-order valence-corrected chi connectivity index (χ2v) is 3.86. The van der Waals surface area contributed by atoms with Gasteiger partial charge in [-0.15, -0.1) is 0 Å². The van der Waals surface area contributed by atoms with Crippen LogP contribution >= 0.6 is 0 Å². The van der Waals surface area contributed by atoms with E-state index < -0.39 is 6.09 Å². The summed E-state index contributed by atoms with van der Waals surface area (Å²) in [7, 11) is 0. The van der Waals surface area contributed by atoms with Crippen LogP contribution in [0.15, 0.2) is 29.4 Å². The van der Waals surface area contributed by atoms with E-state index in [0.29, 0.717) is 12.2 Å². The molecule has 0 aliphatic rings. The van der Waals surface area contributed by atoms with Gasteiger partial charge in [-0.3, -0.25) is 0 Å². The Morgan fingerprint density at radius 2 is 2.11 bits per heavy atom. The molecular weight excluding hydrogens is 232 g/mol. The zero-order valence-corrected chi connectivity index (χ0v) is 10.0. The maximum Gasteiger partial charge on any atom is 0.404 e. The van der Waals surface area contributed by atoms with E-state index in [9.17, 15) is 4.79 Å². The Labute approximate surface area is 105 Å². The summed E-state index contributed by atoms with van der Waals surface area (Å²) in [4.78, 5) is 13.0. The summed E-state index contributed by atoms with van der Waals surface area (Å²) in [6.45, 7) is 0.479. The van der Waals surface area contributed by atoms with E-state index in [2.05, 4.69) is 15.3 Å². The average molecular weight is 248 g/mol. The number of hydrogen-bond acceptors (Lipinski definition) is 2. The Hall–Kier alpha value is -2.20. The molecule has 96 valence electrons. The van der Waals surface area contributed by atoms with Crippen LogP contribution in [0.25, 0.3) is 10.4 Å². The Bertz CT molecular complexity index is 441. The van der Waals surface area contributed by atoms with Crippen molar-refractivity contribution in [2.45, 2.75) is 25.7 Å².